The number of methoxy groups -OCH3 is 1. The molecule has 0 saturated carbocycles. The van der Waals surface area contributed by atoms with Gasteiger partial charge in [-0.15, -0.1) is 0 Å². The van der Waals surface area contributed by atoms with E-state index in [4.69, 9.17) is 9.47 Å². The molecule has 1 atom stereocenters. The van der Waals surface area contributed by atoms with Crippen molar-refractivity contribution in [3.63, 3.8) is 0 Å². The fourth-order valence-electron chi connectivity index (χ4n) is 1.68. The summed E-state index contributed by atoms with van der Waals surface area (Å²) in [6, 6.07) is 6.38. The molecule has 1 aromatic carbocycles. The van der Waals surface area contributed by atoms with E-state index >= 15 is 0 Å². The van der Waals surface area contributed by atoms with Crippen molar-refractivity contribution in [1.82, 2.24) is 4.37 Å². The Balaban J connectivity index is 1.98. The quantitative estimate of drug-likeness (QED) is 0.745. The van der Waals surface area contributed by atoms with Gasteiger partial charge in [0.05, 0.1) is 29.9 Å². The minimum Gasteiger partial charge on any atom is -0.480 e. The molecule has 1 unspecified atom stereocenters. The number of ether oxygens (including phenoxy) is 2. The molecule has 1 aliphatic heterocycles. The zero-order valence-electron chi connectivity index (χ0n) is 8.40. The molecular formula is C11H11NO2S. The first-order chi connectivity index (χ1) is 7.36. The average molecular weight is 221 g/mol. The van der Waals surface area contributed by atoms with Gasteiger partial charge in [0, 0.05) is 6.42 Å². The third kappa shape index (κ3) is 1.70. The first kappa shape index (κ1) is 9.12. The molecule has 15 heavy (non-hydrogen) atoms. The zero-order valence-corrected chi connectivity index (χ0v) is 9.21. The van der Waals surface area contributed by atoms with Gasteiger partial charge in [0.2, 0.25) is 5.88 Å². The molecule has 1 aromatic heterocycles. The summed E-state index contributed by atoms with van der Waals surface area (Å²) < 4.78 is 15.8. The van der Waals surface area contributed by atoms with Crippen molar-refractivity contribution in [2.45, 2.75) is 12.5 Å². The average Bonchev–Trinajstić information content (AvgIpc) is 2.97. The fraction of sp³-hybridized carbons (Fsp3) is 0.364. The van der Waals surface area contributed by atoms with E-state index < -0.39 is 0 Å². The van der Waals surface area contributed by atoms with Gasteiger partial charge in [-0.1, -0.05) is 6.07 Å². The summed E-state index contributed by atoms with van der Waals surface area (Å²) in [5.74, 6) is 0.726. The number of hydrogen-bond donors (Lipinski definition) is 0. The molecule has 0 spiro atoms. The van der Waals surface area contributed by atoms with Gasteiger partial charge in [0.25, 0.3) is 0 Å². The summed E-state index contributed by atoms with van der Waals surface area (Å²) in [4.78, 5) is 0. The van der Waals surface area contributed by atoms with Crippen LogP contribution in [0.5, 0.6) is 5.88 Å². The van der Waals surface area contributed by atoms with Crippen LogP contribution in [0.3, 0.4) is 0 Å². The van der Waals surface area contributed by atoms with E-state index in [2.05, 4.69) is 22.6 Å². The maximum Gasteiger partial charge on any atom is 0.232 e. The predicted octanol–water partition coefficient (Wildman–Crippen LogP) is 2.25. The van der Waals surface area contributed by atoms with Crippen molar-refractivity contribution < 1.29 is 9.47 Å². The third-order valence-corrected chi connectivity index (χ3v) is 3.35. The van der Waals surface area contributed by atoms with Crippen molar-refractivity contribution in [2.75, 3.05) is 13.7 Å². The molecule has 2 heterocycles. The monoisotopic (exact) mass is 221 g/mol. The molecule has 78 valence electrons. The van der Waals surface area contributed by atoms with Crippen molar-refractivity contribution in [3.05, 3.63) is 23.8 Å². The molecule has 2 aromatic rings. The van der Waals surface area contributed by atoms with E-state index in [9.17, 15) is 0 Å². The lowest BCUT2D eigenvalue weighted by Crippen LogP contribution is -1.91. The molecule has 3 nitrogen and oxygen atoms in total. The van der Waals surface area contributed by atoms with Gasteiger partial charge in [-0.05, 0) is 29.2 Å². The zero-order chi connectivity index (χ0) is 10.3. The van der Waals surface area contributed by atoms with Crippen LogP contribution in [0.25, 0.3) is 10.1 Å². The Labute approximate surface area is 91.8 Å². The van der Waals surface area contributed by atoms with Crippen LogP contribution in [0, 0.1) is 0 Å². The topological polar surface area (TPSA) is 34.6 Å². The lowest BCUT2D eigenvalue weighted by atomic mass is 10.1. The molecule has 0 amide bonds. The van der Waals surface area contributed by atoms with Crippen LogP contribution in [-0.2, 0) is 11.2 Å². The molecule has 0 bridgehead atoms. The van der Waals surface area contributed by atoms with Crippen molar-refractivity contribution in [1.29, 1.82) is 0 Å². The van der Waals surface area contributed by atoms with E-state index in [1.807, 2.05) is 0 Å². The first-order valence-corrected chi connectivity index (χ1v) is 5.68. The Bertz CT molecular complexity index is 490. The van der Waals surface area contributed by atoms with Gasteiger partial charge in [0.1, 0.15) is 0 Å². The second kappa shape index (κ2) is 3.47. The number of rotatable bonds is 3. The van der Waals surface area contributed by atoms with E-state index in [0.29, 0.717) is 6.10 Å². The van der Waals surface area contributed by atoms with Crippen LogP contribution in [0.15, 0.2) is 18.2 Å². The minimum absolute atomic E-state index is 0.442. The Morgan fingerprint density at radius 2 is 2.47 bits per heavy atom. The first-order valence-electron chi connectivity index (χ1n) is 4.91. The second-order valence-corrected chi connectivity index (χ2v) is 4.49. The van der Waals surface area contributed by atoms with E-state index in [1.54, 1.807) is 7.11 Å². The smallest absolute Gasteiger partial charge is 0.232 e. The largest absolute Gasteiger partial charge is 0.480 e. The van der Waals surface area contributed by atoms with Crippen LogP contribution in [0.4, 0.5) is 0 Å². The number of fused-ring (bicyclic) bond motifs is 1. The fourth-order valence-corrected chi connectivity index (χ4v) is 2.49. The van der Waals surface area contributed by atoms with Crippen molar-refractivity contribution in [2.24, 2.45) is 0 Å². The Kier molecular flexibility index (Phi) is 2.11. The highest BCUT2D eigenvalue weighted by atomic mass is 32.1. The highest BCUT2D eigenvalue weighted by Gasteiger charge is 2.22. The molecule has 1 fully saturated rings. The highest BCUT2D eigenvalue weighted by Crippen LogP contribution is 2.30. The number of benzene rings is 1. The number of epoxide rings is 1. The van der Waals surface area contributed by atoms with Gasteiger partial charge in [-0.25, -0.2) is 0 Å². The van der Waals surface area contributed by atoms with Gasteiger partial charge >= 0.3 is 0 Å². The van der Waals surface area contributed by atoms with Crippen LogP contribution in [0.1, 0.15) is 5.56 Å². The summed E-state index contributed by atoms with van der Waals surface area (Å²) in [5, 5.41) is 1.10. The lowest BCUT2D eigenvalue weighted by Gasteiger charge is -1.98. The lowest BCUT2D eigenvalue weighted by molar-refractivity contribution is 0.407. The normalized spacial score (nSPS) is 19.4. The summed E-state index contributed by atoms with van der Waals surface area (Å²) in [6.45, 7) is 0.907. The molecule has 3 rings (SSSR count). The number of nitrogens with zero attached hydrogens (tertiary/aromatic N) is 1. The van der Waals surface area contributed by atoms with Crippen LogP contribution in [-0.4, -0.2) is 24.2 Å². The maximum absolute atomic E-state index is 5.21. The Morgan fingerprint density at radius 1 is 1.60 bits per heavy atom. The molecular weight excluding hydrogens is 210 g/mol. The third-order valence-electron chi connectivity index (χ3n) is 2.56. The summed E-state index contributed by atoms with van der Waals surface area (Å²) in [7, 11) is 1.65. The summed E-state index contributed by atoms with van der Waals surface area (Å²) in [5.41, 5.74) is 1.32. The van der Waals surface area contributed by atoms with Gasteiger partial charge in [0.15, 0.2) is 0 Å². The van der Waals surface area contributed by atoms with Crippen molar-refractivity contribution >= 4 is 21.6 Å². The maximum atomic E-state index is 5.21. The van der Waals surface area contributed by atoms with Crippen molar-refractivity contribution in [3.8, 4) is 5.88 Å². The van der Waals surface area contributed by atoms with Crippen LogP contribution < -0.4 is 4.74 Å². The number of hydrogen-bond acceptors (Lipinski definition) is 4. The molecule has 0 radical (unpaired) electrons. The van der Waals surface area contributed by atoms with Gasteiger partial charge in [-0.2, -0.15) is 4.37 Å². The molecule has 4 heteroatoms. The molecule has 0 aliphatic carbocycles. The second-order valence-electron chi connectivity index (χ2n) is 3.68. The predicted molar refractivity (Wildman–Crippen MR) is 59.6 cm³/mol. The minimum atomic E-state index is 0.442. The van der Waals surface area contributed by atoms with E-state index in [0.717, 1.165) is 24.3 Å². The van der Waals surface area contributed by atoms with E-state index in [1.165, 1.54) is 21.8 Å². The van der Waals surface area contributed by atoms with Gasteiger partial charge < -0.3 is 9.47 Å². The summed E-state index contributed by atoms with van der Waals surface area (Å²) in [6.07, 6.45) is 1.45. The SMILES string of the molecule is COc1nsc2cc(CC3CO3)ccc12. The molecule has 1 saturated heterocycles. The van der Waals surface area contributed by atoms with E-state index in [-0.39, 0.29) is 0 Å². The van der Waals surface area contributed by atoms with Crippen LogP contribution in [0.2, 0.25) is 0 Å². The highest BCUT2D eigenvalue weighted by molar-refractivity contribution is 7.13. The number of aromatic nitrogens is 1. The van der Waals surface area contributed by atoms with Crippen LogP contribution >= 0.6 is 11.5 Å². The molecule has 1 aliphatic rings. The van der Waals surface area contributed by atoms with Gasteiger partial charge in [-0.3, -0.25) is 0 Å². The Hall–Kier alpha value is -1.13. The standard InChI is InChI=1S/C11H11NO2S/c1-13-11-9-3-2-7(4-8-6-14-8)5-10(9)15-12-11/h2-3,5,8H,4,6H2,1H3. The molecule has 0 N–H and O–H groups in total. The summed E-state index contributed by atoms with van der Waals surface area (Å²) >= 11 is 1.48. The Morgan fingerprint density at radius 3 is 3.20 bits per heavy atom.